The van der Waals surface area contributed by atoms with Crippen LogP contribution < -0.4 is 5.32 Å². The van der Waals surface area contributed by atoms with Gasteiger partial charge in [-0.3, -0.25) is 0 Å². The third kappa shape index (κ3) is 2.12. The first-order valence-corrected chi connectivity index (χ1v) is 3.79. The van der Waals surface area contributed by atoms with Crippen LogP contribution in [0.25, 0.3) is 0 Å². The van der Waals surface area contributed by atoms with Crippen molar-refractivity contribution >= 4 is 0 Å². The van der Waals surface area contributed by atoms with E-state index in [1.54, 1.807) is 0 Å². The zero-order chi connectivity index (χ0) is 7.40. The van der Waals surface area contributed by atoms with Crippen LogP contribution in [0.3, 0.4) is 0 Å². The van der Waals surface area contributed by atoms with Crippen LogP contribution in [-0.4, -0.2) is 25.3 Å². The molecule has 1 N–H and O–H groups in total. The largest absolute Gasteiger partial charge is 0.379 e. The van der Waals surface area contributed by atoms with Crippen LogP contribution in [0.4, 0.5) is 0 Å². The average Bonchev–Trinajstić information content (AvgIpc) is 2.13. The number of hydrogen-bond acceptors (Lipinski definition) is 2. The Balaban J connectivity index is 2.37. The molecule has 10 heavy (non-hydrogen) atoms. The minimum absolute atomic E-state index is 0.345. The molecular weight excluding hydrogens is 126 g/mol. The van der Waals surface area contributed by atoms with Gasteiger partial charge in [0.05, 0.1) is 6.61 Å². The molecule has 1 heterocycles. The summed E-state index contributed by atoms with van der Waals surface area (Å²) in [5.74, 6) is 0. The quantitative estimate of drug-likeness (QED) is 0.549. The number of nitrogens with one attached hydrogen (secondary N) is 1. The summed E-state index contributed by atoms with van der Waals surface area (Å²) in [5.41, 5.74) is 0. The lowest BCUT2D eigenvalue weighted by molar-refractivity contribution is 0.139. The van der Waals surface area contributed by atoms with Crippen molar-refractivity contribution in [1.82, 2.24) is 5.32 Å². The maximum absolute atomic E-state index is 5.33. The molecule has 0 unspecified atom stereocenters. The second kappa shape index (κ2) is 3.74. The maximum atomic E-state index is 5.33. The Morgan fingerprint density at radius 1 is 1.70 bits per heavy atom. The van der Waals surface area contributed by atoms with Gasteiger partial charge in [-0.05, 0) is 13.3 Å². The van der Waals surface area contributed by atoms with Crippen molar-refractivity contribution < 1.29 is 4.74 Å². The Labute approximate surface area is 62.3 Å². The topological polar surface area (TPSA) is 21.3 Å². The molecule has 1 aliphatic heterocycles. The SMILES string of the molecule is C=C[C@H]1COCC[C@H](C)N1. The molecule has 0 bridgehead atoms. The van der Waals surface area contributed by atoms with Gasteiger partial charge in [0.1, 0.15) is 0 Å². The molecule has 0 aromatic rings. The molecular formula is C8H15NO. The highest BCUT2D eigenvalue weighted by atomic mass is 16.5. The van der Waals surface area contributed by atoms with Gasteiger partial charge in [-0.2, -0.15) is 0 Å². The summed E-state index contributed by atoms with van der Waals surface area (Å²) in [5, 5.41) is 3.39. The van der Waals surface area contributed by atoms with E-state index in [1.807, 2.05) is 6.08 Å². The van der Waals surface area contributed by atoms with Gasteiger partial charge in [0.25, 0.3) is 0 Å². The Kier molecular flexibility index (Phi) is 2.90. The molecule has 0 aromatic carbocycles. The molecule has 1 rings (SSSR count). The first-order valence-electron chi connectivity index (χ1n) is 3.79. The zero-order valence-electron chi connectivity index (χ0n) is 6.47. The minimum Gasteiger partial charge on any atom is -0.379 e. The van der Waals surface area contributed by atoms with E-state index >= 15 is 0 Å². The van der Waals surface area contributed by atoms with Crippen molar-refractivity contribution in [3.63, 3.8) is 0 Å². The second-order valence-electron chi connectivity index (χ2n) is 2.77. The van der Waals surface area contributed by atoms with Crippen LogP contribution >= 0.6 is 0 Å². The molecule has 58 valence electrons. The molecule has 0 spiro atoms. The second-order valence-corrected chi connectivity index (χ2v) is 2.77. The first kappa shape index (κ1) is 7.76. The van der Waals surface area contributed by atoms with E-state index in [9.17, 15) is 0 Å². The highest BCUT2D eigenvalue weighted by Gasteiger charge is 2.12. The van der Waals surface area contributed by atoms with Crippen LogP contribution in [0.2, 0.25) is 0 Å². The van der Waals surface area contributed by atoms with Gasteiger partial charge in [0.15, 0.2) is 0 Å². The summed E-state index contributed by atoms with van der Waals surface area (Å²) >= 11 is 0. The lowest BCUT2D eigenvalue weighted by atomic mass is 10.2. The zero-order valence-corrected chi connectivity index (χ0v) is 6.47. The van der Waals surface area contributed by atoms with Crippen molar-refractivity contribution in [2.45, 2.75) is 25.4 Å². The smallest absolute Gasteiger partial charge is 0.0655 e. The molecule has 1 saturated heterocycles. The average molecular weight is 141 g/mol. The van der Waals surface area contributed by atoms with E-state index < -0.39 is 0 Å². The van der Waals surface area contributed by atoms with Crippen molar-refractivity contribution in [3.05, 3.63) is 12.7 Å². The summed E-state index contributed by atoms with van der Waals surface area (Å²) in [6.45, 7) is 7.53. The van der Waals surface area contributed by atoms with Gasteiger partial charge < -0.3 is 10.1 Å². The van der Waals surface area contributed by atoms with Gasteiger partial charge in [-0.1, -0.05) is 6.08 Å². The van der Waals surface area contributed by atoms with E-state index in [4.69, 9.17) is 4.74 Å². The third-order valence-corrected chi connectivity index (χ3v) is 1.78. The normalized spacial score (nSPS) is 34.9. The van der Waals surface area contributed by atoms with Crippen LogP contribution in [-0.2, 0) is 4.74 Å². The van der Waals surface area contributed by atoms with Crippen LogP contribution in [0.5, 0.6) is 0 Å². The standard InChI is InChI=1S/C8H15NO/c1-3-8-6-10-5-4-7(2)9-8/h3,7-9H,1,4-6H2,2H3/t7-,8-/m0/s1. The fourth-order valence-electron chi connectivity index (χ4n) is 1.10. The van der Waals surface area contributed by atoms with E-state index in [1.165, 1.54) is 0 Å². The summed E-state index contributed by atoms with van der Waals surface area (Å²) < 4.78 is 5.33. The summed E-state index contributed by atoms with van der Waals surface area (Å²) in [6, 6.07) is 0.906. The summed E-state index contributed by atoms with van der Waals surface area (Å²) in [4.78, 5) is 0. The predicted octanol–water partition coefficient (Wildman–Crippen LogP) is 0.939. The first-order chi connectivity index (χ1) is 4.83. The minimum atomic E-state index is 0.345. The maximum Gasteiger partial charge on any atom is 0.0655 e. The van der Waals surface area contributed by atoms with E-state index in [2.05, 4.69) is 18.8 Å². The van der Waals surface area contributed by atoms with Crippen molar-refractivity contribution in [2.75, 3.05) is 13.2 Å². The predicted molar refractivity (Wildman–Crippen MR) is 42.0 cm³/mol. The summed E-state index contributed by atoms with van der Waals surface area (Å²) in [6.07, 6.45) is 3.01. The lowest BCUT2D eigenvalue weighted by Gasteiger charge is -2.13. The van der Waals surface area contributed by atoms with Gasteiger partial charge >= 0.3 is 0 Å². The van der Waals surface area contributed by atoms with E-state index in [0.717, 1.165) is 19.6 Å². The van der Waals surface area contributed by atoms with Crippen molar-refractivity contribution in [2.24, 2.45) is 0 Å². The molecule has 2 atom stereocenters. The number of ether oxygens (including phenoxy) is 1. The van der Waals surface area contributed by atoms with Gasteiger partial charge in [-0.15, -0.1) is 6.58 Å². The van der Waals surface area contributed by atoms with Gasteiger partial charge in [0.2, 0.25) is 0 Å². The van der Waals surface area contributed by atoms with E-state index in [-0.39, 0.29) is 0 Å². The Hall–Kier alpha value is -0.340. The Morgan fingerprint density at radius 2 is 2.50 bits per heavy atom. The van der Waals surface area contributed by atoms with Gasteiger partial charge in [0, 0.05) is 18.7 Å². The monoisotopic (exact) mass is 141 g/mol. The highest BCUT2D eigenvalue weighted by Crippen LogP contribution is 2.01. The molecule has 1 aliphatic rings. The van der Waals surface area contributed by atoms with Crippen molar-refractivity contribution in [3.8, 4) is 0 Å². The lowest BCUT2D eigenvalue weighted by Crippen LogP contribution is -2.35. The fraction of sp³-hybridized carbons (Fsp3) is 0.750. The molecule has 0 radical (unpaired) electrons. The fourth-order valence-corrected chi connectivity index (χ4v) is 1.10. The van der Waals surface area contributed by atoms with Crippen LogP contribution in [0.15, 0.2) is 12.7 Å². The molecule has 2 heteroatoms. The molecule has 0 amide bonds. The molecule has 0 aromatic heterocycles. The van der Waals surface area contributed by atoms with Gasteiger partial charge in [-0.25, -0.2) is 0 Å². The number of rotatable bonds is 1. The molecule has 0 aliphatic carbocycles. The Bertz CT molecular complexity index is 114. The Morgan fingerprint density at radius 3 is 3.20 bits per heavy atom. The van der Waals surface area contributed by atoms with Crippen molar-refractivity contribution in [1.29, 1.82) is 0 Å². The van der Waals surface area contributed by atoms with Crippen LogP contribution in [0, 0.1) is 0 Å². The number of hydrogen-bond donors (Lipinski definition) is 1. The van der Waals surface area contributed by atoms with E-state index in [0.29, 0.717) is 12.1 Å². The molecule has 2 nitrogen and oxygen atoms in total. The molecule has 0 saturated carbocycles. The summed E-state index contributed by atoms with van der Waals surface area (Å²) in [7, 11) is 0. The third-order valence-electron chi connectivity index (χ3n) is 1.78. The highest BCUT2D eigenvalue weighted by molar-refractivity contribution is 4.88. The van der Waals surface area contributed by atoms with Crippen LogP contribution in [0.1, 0.15) is 13.3 Å². The molecule has 1 fully saturated rings.